The fraction of sp³-hybridized carbons (Fsp3) is 0.381. The van der Waals surface area contributed by atoms with E-state index in [0.717, 1.165) is 44.2 Å². The molecule has 3 rings (SSSR count). The molecule has 0 amide bonds. The summed E-state index contributed by atoms with van der Waals surface area (Å²) in [5, 5.41) is 3.39. The highest BCUT2D eigenvalue weighted by Crippen LogP contribution is 2.11. The van der Waals surface area contributed by atoms with Gasteiger partial charge in [-0.15, -0.1) is 0 Å². The van der Waals surface area contributed by atoms with Crippen LogP contribution in [0.25, 0.3) is 0 Å². The molecule has 6 nitrogen and oxygen atoms in total. The summed E-state index contributed by atoms with van der Waals surface area (Å²) in [6.07, 6.45) is 1.22. The van der Waals surface area contributed by atoms with Gasteiger partial charge in [-0.3, -0.25) is 9.89 Å². The van der Waals surface area contributed by atoms with Crippen LogP contribution < -0.4 is 5.32 Å². The first-order chi connectivity index (χ1) is 13.5. The SMILES string of the molecule is CN=C(NCc1ccc(S(C)(=O)=O)cc1)N1CCN(Cc2ccccc2)CC1. The van der Waals surface area contributed by atoms with Crippen LogP contribution in [0.4, 0.5) is 0 Å². The van der Waals surface area contributed by atoms with Gasteiger partial charge in [0.15, 0.2) is 15.8 Å². The summed E-state index contributed by atoms with van der Waals surface area (Å²) in [6, 6.07) is 17.5. The van der Waals surface area contributed by atoms with Crippen LogP contribution in [0.1, 0.15) is 11.1 Å². The molecule has 0 bridgehead atoms. The van der Waals surface area contributed by atoms with Gasteiger partial charge in [0, 0.05) is 52.6 Å². The van der Waals surface area contributed by atoms with Crippen molar-refractivity contribution < 1.29 is 8.42 Å². The molecule has 2 aromatic rings. The fourth-order valence-corrected chi connectivity index (χ4v) is 3.96. The third-order valence-electron chi connectivity index (χ3n) is 4.93. The zero-order chi connectivity index (χ0) is 20.0. The second-order valence-corrected chi connectivity index (χ2v) is 9.08. The molecule has 0 radical (unpaired) electrons. The monoisotopic (exact) mass is 400 g/mol. The van der Waals surface area contributed by atoms with Gasteiger partial charge in [0.25, 0.3) is 0 Å². The minimum atomic E-state index is -3.16. The quantitative estimate of drug-likeness (QED) is 0.614. The predicted octanol–water partition coefficient (Wildman–Crippen LogP) is 1.98. The molecule has 0 atom stereocenters. The lowest BCUT2D eigenvalue weighted by atomic mass is 10.2. The maximum Gasteiger partial charge on any atom is 0.194 e. The highest BCUT2D eigenvalue weighted by Gasteiger charge is 2.19. The van der Waals surface area contributed by atoms with Crippen molar-refractivity contribution in [3.05, 3.63) is 65.7 Å². The van der Waals surface area contributed by atoms with Gasteiger partial charge in [0.05, 0.1) is 4.90 Å². The van der Waals surface area contributed by atoms with Gasteiger partial charge in [-0.05, 0) is 23.3 Å². The molecule has 0 spiro atoms. The molecule has 1 fully saturated rings. The molecule has 150 valence electrons. The molecule has 1 heterocycles. The molecule has 28 heavy (non-hydrogen) atoms. The normalized spacial score (nSPS) is 16.2. The van der Waals surface area contributed by atoms with Crippen molar-refractivity contribution >= 4 is 15.8 Å². The Labute approximate surface area is 167 Å². The molecule has 0 aliphatic carbocycles. The van der Waals surface area contributed by atoms with Crippen molar-refractivity contribution in [1.82, 2.24) is 15.1 Å². The fourth-order valence-electron chi connectivity index (χ4n) is 3.33. The molecule has 2 aromatic carbocycles. The number of benzene rings is 2. The molecule has 1 aliphatic rings. The summed E-state index contributed by atoms with van der Waals surface area (Å²) >= 11 is 0. The molecule has 0 saturated carbocycles. The molecule has 0 unspecified atom stereocenters. The summed E-state index contributed by atoms with van der Waals surface area (Å²) in [4.78, 5) is 9.48. The van der Waals surface area contributed by atoms with Gasteiger partial charge < -0.3 is 10.2 Å². The lowest BCUT2D eigenvalue weighted by Gasteiger charge is -2.36. The van der Waals surface area contributed by atoms with E-state index >= 15 is 0 Å². The van der Waals surface area contributed by atoms with Crippen LogP contribution in [0.5, 0.6) is 0 Å². The van der Waals surface area contributed by atoms with Gasteiger partial charge in [0.2, 0.25) is 0 Å². The van der Waals surface area contributed by atoms with E-state index in [9.17, 15) is 8.42 Å². The molecule has 1 N–H and O–H groups in total. The Morgan fingerprint density at radius 1 is 0.964 bits per heavy atom. The summed E-state index contributed by atoms with van der Waals surface area (Å²) in [5.41, 5.74) is 2.37. The minimum absolute atomic E-state index is 0.343. The van der Waals surface area contributed by atoms with Gasteiger partial charge in [-0.1, -0.05) is 42.5 Å². The third-order valence-corrected chi connectivity index (χ3v) is 6.06. The lowest BCUT2D eigenvalue weighted by molar-refractivity contribution is 0.172. The van der Waals surface area contributed by atoms with E-state index in [2.05, 4.69) is 44.4 Å². The van der Waals surface area contributed by atoms with E-state index in [1.807, 2.05) is 18.2 Å². The second-order valence-electron chi connectivity index (χ2n) is 7.07. The second kappa shape index (κ2) is 9.21. The number of hydrogen-bond donors (Lipinski definition) is 1. The van der Waals surface area contributed by atoms with Crippen molar-refractivity contribution in [3.63, 3.8) is 0 Å². The van der Waals surface area contributed by atoms with Crippen molar-refractivity contribution in [2.75, 3.05) is 39.5 Å². The maximum atomic E-state index is 11.6. The number of hydrogen-bond acceptors (Lipinski definition) is 4. The summed E-state index contributed by atoms with van der Waals surface area (Å²) in [7, 11) is -1.36. The summed E-state index contributed by atoms with van der Waals surface area (Å²) in [5.74, 6) is 0.881. The Hall–Kier alpha value is -2.38. The van der Waals surface area contributed by atoms with Crippen molar-refractivity contribution in [1.29, 1.82) is 0 Å². The van der Waals surface area contributed by atoms with Crippen LogP contribution >= 0.6 is 0 Å². The molecular weight excluding hydrogens is 372 g/mol. The molecule has 1 saturated heterocycles. The third kappa shape index (κ3) is 5.56. The number of aliphatic imine (C=N–C) groups is 1. The molecule has 1 aliphatic heterocycles. The minimum Gasteiger partial charge on any atom is -0.352 e. The van der Waals surface area contributed by atoms with E-state index in [1.54, 1.807) is 19.2 Å². The molecule has 7 heteroatoms. The standard InChI is InChI=1S/C21H28N4O2S/c1-22-21(23-16-18-8-10-20(11-9-18)28(2,26)27)25-14-12-24(13-15-25)17-19-6-4-3-5-7-19/h3-11H,12-17H2,1-2H3,(H,22,23). The van der Waals surface area contributed by atoms with E-state index < -0.39 is 9.84 Å². The Bertz CT molecular complexity index is 888. The number of piperazine rings is 1. The van der Waals surface area contributed by atoms with E-state index in [4.69, 9.17) is 0 Å². The highest BCUT2D eigenvalue weighted by atomic mass is 32.2. The van der Waals surface area contributed by atoms with E-state index in [1.165, 1.54) is 11.8 Å². The maximum absolute atomic E-state index is 11.6. The average molecular weight is 401 g/mol. The Balaban J connectivity index is 1.49. The number of sulfone groups is 1. The largest absolute Gasteiger partial charge is 0.352 e. The van der Waals surface area contributed by atoms with Crippen LogP contribution in [0.3, 0.4) is 0 Å². The van der Waals surface area contributed by atoms with Gasteiger partial charge in [-0.2, -0.15) is 0 Å². The van der Waals surface area contributed by atoms with Crippen LogP contribution in [0, 0.1) is 0 Å². The topological polar surface area (TPSA) is 65.0 Å². The first-order valence-corrected chi connectivity index (χ1v) is 11.4. The average Bonchev–Trinajstić information content (AvgIpc) is 2.70. The molecular formula is C21H28N4O2S. The van der Waals surface area contributed by atoms with E-state index in [0.29, 0.717) is 11.4 Å². The number of rotatable bonds is 5. The molecule has 0 aromatic heterocycles. The van der Waals surface area contributed by atoms with Crippen molar-refractivity contribution in [2.24, 2.45) is 4.99 Å². The van der Waals surface area contributed by atoms with Crippen LogP contribution in [-0.4, -0.2) is 63.7 Å². The van der Waals surface area contributed by atoms with Crippen LogP contribution in [-0.2, 0) is 22.9 Å². The number of nitrogens with one attached hydrogen (secondary N) is 1. The Morgan fingerprint density at radius 2 is 1.61 bits per heavy atom. The van der Waals surface area contributed by atoms with Gasteiger partial charge in [0.1, 0.15) is 0 Å². The highest BCUT2D eigenvalue weighted by molar-refractivity contribution is 7.90. The zero-order valence-corrected chi connectivity index (χ0v) is 17.3. The zero-order valence-electron chi connectivity index (χ0n) is 16.5. The first kappa shape index (κ1) is 20.4. The van der Waals surface area contributed by atoms with Gasteiger partial charge in [-0.25, -0.2) is 8.42 Å². The van der Waals surface area contributed by atoms with Crippen molar-refractivity contribution in [2.45, 2.75) is 18.0 Å². The number of nitrogens with zero attached hydrogens (tertiary/aromatic N) is 3. The van der Waals surface area contributed by atoms with Crippen LogP contribution in [0.2, 0.25) is 0 Å². The Morgan fingerprint density at radius 3 is 2.18 bits per heavy atom. The summed E-state index contributed by atoms with van der Waals surface area (Å²) < 4.78 is 23.1. The summed E-state index contributed by atoms with van der Waals surface area (Å²) in [6.45, 7) is 5.45. The first-order valence-electron chi connectivity index (χ1n) is 9.46. The predicted molar refractivity (Wildman–Crippen MR) is 113 cm³/mol. The Kier molecular flexibility index (Phi) is 6.70. The number of guanidine groups is 1. The van der Waals surface area contributed by atoms with E-state index in [-0.39, 0.29) is 0 Å². The lowest BCUT2D eigenvalue weighted by Crippen LogP contribution is -2.52. The van der Waals surface area contributed by atoms with Crippen LogP contribution in [0.15, 0.2) is 64.5 Å². The smallest absolute Gasteiger partial charge is 0.194 e. The van der Waals surface area contributed by atoms with Crippen molar-refractivity contribution in [3.8, 4) is 0 Å². The van der Waals surface area contributed by atoms with Gasteiger partial charge >= 0.3 is 0 Å².